The number of anilines is 6. The molecule has 386 valence electrons. The van der Waals surface area contributed by atoms with Gasteiger partial charge in [0, 0.05) is 43.2 Å². The number of rotatable bonds is 3. The van der Waals surface area contributed by atoms with Gasteiger partial charge in [-0.2, -0.15) is 0 Å². The SMILES string of the molecule is CC(C)(C)c1cc(-c2cc(C(C)(C)C)ccc2N2c3ccc(C(C)(C)C)cc3B3c4sc5ccc(C(C)(C)C)cc5c4N(c4ccc5c(c4)C(C)(C)CCC5(C)C)c4cc(C(C)(C)C)cc2c43)cc(C(C)(C)C)c1. The predicted octanol–water partition coefficient (Wildman–Crippen LogP) is 18.8. The van der Waals surface area contributed by atoms with Gasteiger partial charge in [0.2, 0.25) is 0 Å². The molecular formula is C70H87BN2S. The van der Waals surface area contributed by atoms with Crippen molar-refractivity contribution in [3.63, 3.8) is 0 Å². The quantitative estimate of drug-likeness (QED) is 0.163. The molecule has 0 unspecified atom stereocenters. The van der Waals surface area contributed by atoms with Crippen LogP contribution < -0.4 is 25.5 Å². The molecule has 1 aliphatic carbocycles. The van der Waals surface area contributed by atoms with Crippen LogP contribution in [0, 0.1) is 0 Å². The van der Waals surface area contributed by atoms with E-state index >= 15 is 0 Å². The molecule has 10 rings (SSSR count). The first-order valence-electron chi connectivity index (χ1n) is 27.9. The Kier molecular flexibility index (Phi) is 11.8. The van der Waals surface area contributed by atoms with E-state index in [0.29, 0.717) is 0 Å². The lowest BCUT2D eigenvalue weighted by Crippen LogP contribution is -2.60. The molecular weight excluding hydrogens is 912 g/mol. The van der Waals surface area contributed by atoms with Crippen molar-refractivity contribution < 1.29 is 0 Å². The van der Waals surface area contributed by atoms with Gasteiger partial charge in [0.1, 0.15) is 0 Å². The van der Waals surface area contributed by atoms with Gasteiger partial charge in [0.05, 0.1) is 11.4 Å². The Labute approximate surface area is 452 Å². The summed E-state index contributed by atoms with van der Waals surface area (Å²) in [4.78, 5) is 5.45. The maximum atomic E-state index is 2.74. The average Bonchev–Trinajstić information content (AvgIpc) is 3.66. The van der Waals surface area contributed by atoms with Crippen LogP contribution in [0.3, 0.4) is 0 Å². The van der Waals surface area contributed by atoms with E-state index in [9.17, 15) is 0 Å². The Morgan fingerprint density at radius 3 is 1.45 bits per heavy atom. The van der Waals surface area contributed by atoms with Crippen LogP contribution >= 0.6 is 11.3 Å². The maximum absolute atomic E-state index is 2.74. The lowest BCUT2D eigenvalue weighted by atomic mass is 9.36. The van der Waals surface area contributed by atoms with Gasteiger partial charge < -0.3 is 9.80 Å². The van der Waals surface area contributed by atoms with Crippen LogP contribution in [0.4, 0.5) is 34.1 Å². The third-order valence-corrected chi connectivity index (χ3v) is 18.7. The molecule has 1 aromatic heterocycles. The second kappa shape index (κ2) is 16.7. The molecule has 0 radical (unpaired) electrons. The van der Waals surface area contributed by atoms with Gasteiger partial charge in [-0.25, -0.2) is 0 Å². The lowest BCUT2D eigenvalue weighted by Gasteiger charge is -2.46. The first-order valence-corrected chi connectivity index (χ1v) is 28.7. The van der Waals surface area contributed by atoms with Crippen LogP contribution in [-0.2, 0) is 43.3 Å². The summed E-state index contributed by atoms with van der Waals surface area (Å²) in [6, 6.07) is 42.6. The van der Waals surface area contributed by atoms with Crippen molar-refractivity contribution in [2.75, 3.05) is 9.80 Å². The molecule has 0 saturated heterocycles. The van der Waals surface area contributed by atoms with Crippen molar-refractivity contribution >= 4 is 78.0 Å². The summed E-state index contributed by atoms with van der Waals surface area (Å²) in [6.07, 6.45) is 2.36. The Morgan fingerprint density at radius 1 is 0.419 bits per heavy atom. The molecule has 3 heterocycles. The van der Waals surface area contributed by atoms with Gasteiger partial charge in [0.15, 0.2) is 0 Å². The molecule has 0 fully saturated rings. The molecule has 2 nitrogen and oxygen atoms in total. The van der Waals surface area contributed by atoms with E-state index in [0.717, 1.165) is 0 Å². The largest absolute Gasteiger partial charge is 0.311 e. The second-order valence-corrected chi connectivity index (χ2v) is 31.4. The number of thiophene rings is 1. The van der Waals surface area contributed by atoms with E-state index in [4.69, 9.17) is 0 Å². The van der Waals surface area contributed by atoms with E-state index in [1.807, 2.05) is 11.3 Å². The minimum Gasteiger partial charge on any atom is -0.311 e. The summed E-state index contributed by atoms with van der Waals surface area (Å²) in [7, 11) is 0. The molecule has 3 aliphatic rings. The highest BCUT2D eigenvalue weighted by atomic mass is 32.1. The van der Waals surface area contributed by atoms with Gasteiger partial charge in [-0.3, -0.25) is 0 Å². The van der Waals surface area contributed by atoms with Gasteiger partial charge in [-0.15, -0.1) is 11.3 Å². The van der Waals surface area contributed by atoms with E-state index in [1.54, 1.807) is 0 Å². The van der Waals surface area contributed by atoms with Crippen molar-refractivity contribution in [3.05, 3.63) is 148 Å². The maximum Gasteiger partial charge on any atom is 0.264 e. The monoisotopic (exact) mass is 999 g/mol. The third kappa shape index (κ3) is 8.79. The van der Waals surface area contributed by atoms with Crippen LogP contribution in [0.15, 0.2) is 103 Å². The minimum absolute atomic E-state index is 0.00570. The van der Waals surface area contributed by atoms with E-state index in [1.165, 1.54) is 128 Å². The fourth-order valence-electron chi connectivity index (χ4n) is 12.2. The van der Waals surface area contributed by atoms with Crippen LogP contribution in [0.5, 0.6) is 0 Å². The minimum atomic E-state index is -0.144. The molecule has 6 aromatic carbocycles. The number of hydrogen-bond donors (Lipinski definition) is 0. The summed E-state index contributed by atoms with van der Waals surface area (Å²) in [5, 5.41) is 1.35. The molecule has 0 atom stereocenters. The van der Waals surface area contributed by atoms with E-state index < -0.39 is 0 Å². The van der Waals surface area contributed by atoms with Crippen LogP contribution in [0.1, 0.15) is 210 Å². The first-order chi connectivity index (χ1) is 33.9. The normalized spacial score (nSPS) is 16.5. The molecule has 4 heteroatoms. The Hall–Kier alpha value is -5.06. The number of benzene rings is 6. The molecule has 0 bridgehead atoms. The highest BCUT2D eigenvalue weighted by Gasteiger charge is 2.48. The van der Waals surface area contributed by atoms with Crippen molar-refractivity contribution in [1.29, 1.82) is 0 Å². The summed E-state index contributed by atoms with van der Waals surface area (Å²) in [6.45, 7) is 52.6. The molecule has 74 heavy (non-hydrogen) atoms. The molecule has 0 N–H and O–H groups in total. The molecule has 0 saturated carbocycles. The van der Waals surface area contributed by atoms with Gasteiger partial charge in [-0.1, -0.05) is 201 Å². The highest BCUT2D eigenvalue weighted by Crippen LogP contribution is 2.54. The average molecular weight is 999 g/mol. The van der Waals surface area contributed by atoms with Crippen molar-refractivity contribution in [2.24, 2.45) is 0 Å². The highest BCUT2D eigenvalue weighted by molar-refractivity contribution is 7.33. The first kappa shape index (κ1) is 52.4. The van der Waals surface area contributed by atoms with Crippen LogP contribution in [0.25, 0.3) is 21.2 Å². The van der Waals surface area contributed by atoms with Crippen LogP contribution in [0.2, 0.25) is 0 Å². The zero-order valence-electron chi connectivity index (χ0n) is 49.6. The second-order valence-electron chi connectivity index (χ2n) is 30.4. The van der Waals surface area contributed by atoms with E-state index in [2.05, 4.69) is 265 Å². The van der Waals surface area contributed by atoms with Crippen molar-refractivity contribution in [3.8, 4) is 11.1 Å². The number of nitrogens with zero attached hydrogens (tertiary/aromatic N) is 2. The lowest BCUT2D eigenvalue weighted by molar-refractivity contribution is 0.332. The van der Waals surface area contributed by atoms with Crippen LogP contribution in [-0.4, -0.2) is 6.71 Å². The summed E-state index contributed by atoms with van der Waals surface area (Å²) in [5.74, 6) is 0. The molecule has 7 aromatic rings. The standard InChI is InChI=1S/C70H87BN2S/c1-63(2,3)43-23-28-55(50(36-43)42-33-46(66(10,11)12)35-47(34-42)67(13,14)15)73-56-29-24-45(65(7,8)9)38-54(56)71-60-57(39-48(40-58(60)73)68(16,17)18)72(49-26-27-52-53(41-49)70(21,22)32-31-69(52,19)20)61-51-37-44(64(4,5)6)25-30-59(51)74-62(61)71/h23-30,33-41H,31-32H2,1-22H3. The predicted molar refractivity (Wildman–Crippen MR) is 329 cm³/mol. The summed E-state index contributed by atoms with van der Waals surface area (Å²) in [5.41, 5.74) is 24.0. The third-order valence-electron chi connectivity index (χ3n) is 17.4. The Bertz CT molecular complexity index is 3370. The summed E-state index contributed by atoms with van der Waals surface area (Å²) >= 11 is 2.02. The zero-order chi connectivity index (χ0) is 54.0. The van der Waals surface area contributed by atoms with Gasteiger partial charge >= 0.3 is 0 Å². The smallest absolute Gasteiger partial charge is 0.264 e. The molecule has 0 spiro atoms. The Balaban J connectivity index is 1.38. The number of hydrogen-bond acceptors (Lipinski definition) is 3. The fourth-order valence-corrected chi connectivity index (χ4v) is 13.5. The number of fused-ring (bicyclic) bond motifs is 7. The molecule has 2 aliphatic heterocycles. The Morgan fingerprint density at radius 2 is 0.892 bits per heavy atom. The molecule has 0 amide bonds. The fraction of sp³-hybridized carbons (Fsp3) is 0.457. The van der Waals surface area contributed by atoms with Gasteiger partial charge in [-0.05, 0) is 172 Å². The van der Waals surface area contributed by atoms with E-state index in [-0.39, 0.29) is 50.0 Å². The van der Waals surface area contributed by atoms with Crippen molar-refractivity contribution in [1.82, 2.24) is 0 Å². The van der Waals surface area contributed by atoms with Crippen molar-refractivity contribution in [2.45, 2.75) is 208 Å². The topological polar surface area (TPSA) is 6.48 Å². The zero-order valence-corrected chi connectivity index (χ0v) is 50.4. The van der Waals surface area contributed by atoms with Gasteiger partial charge in [0.25, 0.3) is 6.71 Å². The summed E-state index contributed by atoms with van der Waals surface area (Å²) < 4.78 is 2.78.